The zero-order chi connectivity index (χ0) is 13.9. The first-order valence-corrected chi connectivity index (χ1v) is 6.32. The van der Waals surface area contributed by atoms with Gasteiger partial charge in [-0.05, 0) is 31.0 Å². The second kappa shape index (κ2) is 5.77. The summed E-state index contributed by atoms with van der Waals surface area (Å²) in [6.07, 6.45) is -2.39. The van der Waals surface area contributed by atoms with Crippen LogP contribution in [-0.2, 0) is 6.18 Å². The Hall–Kier alpha value is -1.30. The SMILES string of the molecule is CC1CNCC(COc2cccnc2C(F)(F)F)C1. The minimum absolute atomic E-state index is 0.187. The van der Waals surface area contributed by atoms with Gasteiger partial charge in [0.05, 0.1) is 6.61 Å². The molecule has 19 heavy (non-hydrogen) atoms. The van der Waals surface area contributed by atoms with Gasteiger partial charge in [-0.3, -0.25) is 0 Å². The molecule has 0 amide bonds. The maximum atomic E-state index is 12.7. The lowest BCUT2D eigenvalue weighted by molar-refractivity contribution is -0.142. The summed E-state index contributed by atoms with van der Waals surface area (Å²) in [6, 6.07) is 2.77. The van der Waals surface area contributed by atoms with Crippen LogP contribution in [0.4, 0.5) is 13.2 Å². The van der Waals surface area contributed by atoms with Crippen LogP contribution in [-0.4, -0.2) is 24.7 Å². The maximum absolute atomic E-state index is 12.7. The molecule has 2 atom stereocenters. The van der Waals surface area contributed by atoms with Crippen LogP contribution in [0.15, 0.2) is 18.3 Å². The Kier molecular flexibility index (Phi) is 4.29. The van der Waals surface area contributed by atoms with E-state index >= 15 is 0 Å². The van der Waals surface area contributed by atoms with E-state index in [-0.39, 0.29) is 18.3 Å². The highest BCUT2D eigenvalue weighted by atomic mass is 19.4. The van der Waals surface area contributed by atoms with Crippen molar-refractivity contribution in [2.24, 2.45) is 11.8 Å². The van der Waals surface area contributed by atoms with Gasteiger partial charge in [0.15, 0.2) is 5.69 Å². The average molecular weight is 274 g/mol. The predicted molar refractivity (Wildman–Crippen MR) is 64.9 cm³/mol. The highest BCUT2D eigenvalue weighted by molar-refractivity contribution is 5.29. The molecule has 106 valence electrons. The molecule has 0 radical (unpaired) electrons. The van der Waals surface area contributed by atoms with Gasteiger partial charge in [-0.15, -0.1) is 0 Å². The Bertz CT molecular complexity index is 423. The monoisotopic (exact) mass is 274 g/mol. The summed E-state index contributed by atoms with van der Waals surface area (Å²) in [5.74, 6) is 0.580. The molecule has 0 bridgehead atoms. The summed E-state index contributed by atoms with van der Waals surface area (Å²) in [5, 5.41) is 3.25. The number of piperidine rings is 1. The number of pyridine rings is 1. The van der Waals surface area contributed by atoms with Crippen molar-refractivity contribution in [2.45, 2.75) is 19.5 Å². The molecule has 0 aliphatic carbocycles. The van der Waals surface area contributed by atoms with Crippen molar-refractivity contribution in [3.63, 3.8) is 0 Å². The van der Waals surface area contributed by atoms with E-state index in [1.54, 1.807) is 0 Å². The molecule has 0 spiro atoms. The molecule has 1 N–H and O–H groups in total. The summed E-state index contributed by atoms with van der Waals surface area (Å²) in [7, 11) is 0. The minimum atomic E-state index is -4.48. The smallest absolute Gasteiger partial charge is 0.437 e. The Morgan fingerprint density at radius 1 is 1.42 bits per heavy atom. The number of halogens is 3. The first-order chi connectivity index (χ1) is 8.97. The predicted octanol–water partition coefficient (Wildman–Crippen LogP) is 2.72. The highest BCUT2D eigenvalue weighted by Crippen LogP contribution is 2.34. The molecule has 2 heterocycles. The highest BCUT2D eigenvalue weighted by Gasteiger charge is 2.36. The van der Waals surface area contributed by atoms with Crippen LogP contribution in [0.2, 0.25) is 0 Å². The molecule has 1 aliphatic rings. The minimum Gasteiger partial charge on any atom is -0.491 e. The van der Waals surface area contributed by atoms with Crippen molar-refractivity contribution in [1.29, 1.82) is 0 Å². The van der Waals surface area contributed by atoms with E-state index < -0.39 is 11.9 Å². The molecule has 1 aromatic heterocycles. The lowest BCUT2D eigenvalue weighted by atomic mass is 9.92. The largest absolute Gasteiger partial charge is 0.491 e. The quantitative estimate of drug-likeness (QED) is 0.920. The van der Waals surface area contributed by atoms with E-state index in [0.29, 0.717) is 5.92 Å². The van der Waals surface area contributed by atoms with Gasteiger partial charge in [0.25, 0.3) is 0 Å². The van der Waals surface area contributed by atoms with Crippen molar-refractivity contribution >= 4 is 0 Å². The van der Waals surface area contributed by atoms with Crippen LogP contribution in [0.5, 0.6) is 5.75 Å². The van der Waals surface area contributed by atoms with E-state index in [9.17, 15) is 13.2 Å². The number of rotatable bonds is 3. The Balaban J connectivity index is 1.99. The number of hydrogen-bond donors (Lipinski definition) is 1. The number of nitrogens with one attached hydrogen (secondary N) is 1. The second-order valence-corrected chi connectivity index (χ2v) is 5.02. The first-order valence-electron chi connectivity index (χ1n) is 6.32. The molecule has 1 fully saturated rings. The van der Waals surface area contributed by atoms with E-state index in [2.05, 4.69) is 17.2 Å². The van der Waals surface area contributed by atoms with Crippen LogP contribution in [0.1, 0.15) is 19.0 Å². The number of alkyl halides is 3. The molecular formula is C13H17F3N2O. The molecule has 3 nitrogen and oxygen atoms in total. The summed E-state index contributed by atoms with van der Waals surface area (Å²) in [4.78, 5) is 3.36. The molecule has 0 aromatic carbocycles. The topological polar surface area (TPSA) is 34.1 Å². The summed E-state index contributed by atoms with van der Waals surface area (Å²) in [6.45, 7) is 4.14. The number of aromatic nitrogens is 1. The Labute approximate surface area is 110 Å². The molecule has 1 saturated heterocycles. The Morgan fingerprint density at radius 2 is 2.21 bits per heavy atom. The third-order valence-electron chi connectivity index (χ3n) is 3.18. The molecular weight excluding hydrogens is 257 g/mol. The molecule has 1 aromatic rings. The molecule has 2 rings (SSSR count). The van der Waals surface area contributed by atoms with Crippen LogP contribution in [0.25, 0.3) is 0 Å². The number of ether oxygens (including phenoxy) is 1. The standard InChI is InChI=1S/C13H17F3N2O/c1-9-5-10(7-17-6-9)8-19-11-3-2-4-18-12(11)13(14,15)16/h2-4,9-10,17H,5-8H2,1H3. The van der Waals surface area contributed by atoms with Crippen LogP contribution in [0.3, 0.4) is 0 Å². The lowest BCUT2D eigenvalue weighted by Gasteiger charge is -2.27. The molecule has 6 heteroatoms. The van der Waals surface area contributed by atoms with Crippen molar-refractivity contribution in [3.05, 3.63) is 24.0 Å². The van der Waals surface area contributed by atoms with Crippen LogP contribution >= 0.6 is 0 Å². The first kappa shape index (κ1) is 14.1. The second-order valence-electron chi connectivity index (χ2n) is 5.02. The molecule has 1 aliphatic heterocycles. The van der Waals surface area contributed by atoms with E-state index in [4.69, 9.17) is 4.74 Å². The third-order valence-corrected chi connectivity index (χ3v) is 3.18. The van der Waals surface area contributed by atoms with Crippen LogP contribution < -0.4 is 10.1 Å². The average Bonchev–Trinajstić information content (AvgIpc) is 2.36. The van der Waals surface area contributed by atoms with Gasteiger partial charge in [0.2, 0.25) is 0 Å². The van der Waals surface area contributed by atoms with Gasteiger partial charge in [-0.1, -0.05) is 6.92 Å². The zero-order valence-electron chi connectivity index (χ0n) is 10.7. The van der Waals surface area contributed by atoms with E-state index in [0.717, 1.165) is 25.7 Å². The van der Waals surface area contributed by atoms with E-state index in [1.165, 1.54) is 12.1 Å². The van der Waals surface area contributed by atoms with Gasteiger partial charge >= 0.3 is 6.18 Å². The van der Waals surface area contributed by atoms with Gasteiger partial charge in [0, 0.05) is 18.7 Å². The number of nitrogens with zero attached hydrogens (tertiary/aromatic N) is 1. The van der Waals surface area contributed by atoms with Gasteiger partial charge in [0.1, 0.15) is 5.75 Å². The fourth-order valence-corrected chi connectivity index (χ4v) is 2.32. The van der Waals surface area contributed by atoms with Gasteiger partial charge < -0.3 is 10.1 Å². The fourth-order valence-electron chi connectivity index (χ4n) is 2.32. The number of hydrogen-bond acceptors (Lipinski definition) is 3. The zero-order valence-corrected chi connectivity index (χ0v) is 10.7. The van der Waals surface area contributed by atoms with Gasteiger partial charge in [-0.25, -0.2) is 4.98 Å². The summed E-state index contributed by atoms with van der Waals surface area (Å²) in [5.41, 5.74) is -0.952. The normalized spacial score (nSPS) is 24.2. The van der Waals surface area contributed by atoms with Crippen molar-refractivity contribution in [2.75, 3.05) is 19.7 Å². The van der Waals surface area contributed by atoms with Gasteiger partial charge in [-0.2, -0.15) is 13.2 Å². The van der Waals surface area contributed by atoms with Crippen molar-refractivity contribution in [3.8, 4) is 5.75 Å². The van der Waals surface area contributed by atoms with E-state index in [1.807, 2.05) is 0 Å². The maximum Gasteiger partial charge on any atom is 0.437 e. The third kappa shape index (κ3) is 3.83. The summed E-state index contributed by atoms with van der Waals surface area (Å²) >= 11 is 0. The van der Waals surface area contributed by atoms with Crippen molar-refractivity contribution in [1.82, 2.24) is 10.3 Å². The summed E-state index contributed by atoms with van der Waals surface area (Å²) < 4.78 is 43.5. The molecule has 0 saturated carbocycles. The van der Waals surface area contributed by atoms with Crippen molar-refractivity contribution < 1.29 is 17.9 Å². The Morgan fingerprint density at radius 3 is 2.89 bits per heavy atom. The molecule has 2 unspecified atom stereocenters. The fraction of sp³-hybridized carbons (Fsp3) is 0.615. The lowest BCUT2D eigenvalue weighted by Crippen LogP contribution is -2.37. The van der Waals surface area contributed by atoms with Crippen LogP contribution in [0, 0.1) is 11.8 Å².